The lowest BCUT2D eigenvalue weighted by molar-refractivity contribution is 0.0256. The number of nitrogens with one attached hydrogen (secondary N) is 1. The molecule has 7 heteroatoms. The van der Waals surface area contributed by atoms with Crippen molar-refractivity contribution in [3.63, 3.8) is 0 Å². The molecule has 1 N–H and O–H groups in total. The number of fused-ring (bicyclic) bond motifs is 1. The molecule has 2 aliphatic heterocycles. The molecule has 4 rings (SSSR count). The van der Waals surface area contributed by atoms with Crippen molar-refractivity contribution < 1.29 is 22.6 Å². The average Bonchev–Trinajstić information content (AvgIpc) is 2.62. The van der Waals surface area contributed by atoms with Crippen LogP contribution in [-0.4, -0.2) is 33.7 Å². The molecule has 2 aromatic carbocycles. The highest BCUT2D eigenvalue weighted by Gasteiger charge is 2.24. The normalized spacial score (nSPS) is 19.4. The Hall–Kier alpha value is -2.25. The number of hydrogen-bond acceptors (Lipinski definition) is 5. The number of anilines is 1. The van der Waals surface area contributed by atoms with E-state index in [9.17, 15) is 8.42 Å². The van der Waals surface area contributed by atoms with Crippen LogP contribution in [0, 0.1) is 0 Å². The molecule has 1 fully saturated rings. The molecule has 6 nitrogen and oxygen atoms in total. The number of rotatable bonds is 3. The summed E-state index contributed by atoms with van der Waals surface area (Å²) in [7, 11) is -3.46. The third kappa shape index (κ3) is 3.57. The van der Waals surface area contributed by atoms with Crippen LogP contribution in [0.4, 0.5) is 5.69 Å². The molecule has 0 spiro atoms. The zero-order valence-corrected chi connectivity index (χ0v) is 14.4. The molecule has 25 heavy (non-hydrogen) atoms. The Morgan fingerprint density at radius 1 is 1.04 bits per heavy atom. The lowest BCUT2D eigenvalue weighted by atomic mass is 10.0. The van der Waals surface area contributed by atoms with Crippen molar-refractivity contribution in [1.82, 2.24) is 0 Å². The monoisotopic (exact) mass is 361 g/mol. The first-order chi connectivity index (χ1) is 12.1. The third-order valence-electron chi connectivity index (χ3n) is 4.29. The van der Waals surface area contributed by atoms with Crippen LogP contribution in [0.5, 0.6) is 11.5 Å². The highest BCUT2D eigenvalue weighted by Crippen LogP contribution is 2.39. The van der Waals surface area contributed by atoms with E-state index in [1.807, 2.05) is 36.4 Å². The smallest absolute Gasteiger partial charge is 0.268 e. The Morgan fingerprint density at radius 3 is 2.56 bits per heavy atom. The molecule has 1 saturated heterocycles. The molecule has 0 atom stereocenters. The van der Waals surface area contributed by atoms with Crippen molar-refractivity contribution in [2.24, 2.45) is 0 Å². The minimum atomic E-state index is -3.46. The van der Waals surface area contributed by atoms with Crippen LogP contribution in [0.2, 0.25) is 0 Å². The Morgan fingerprint density at radius 2 is 1.80 bits per heavy atom. The summed E-state index contributed by atoms with van der Waals surface area (Å²) in [5.41, 5.74) is 2.15. The molecular weight excluding hydrogens is 342 g/mol. The summed E-state index contributed by atoms with van der Waals surface area (Å²) in [4.78, 5) is 0. The van der Waals surface area contributed by atoms with E-state index in [0.717, 1.165) is 42.9 Å². The standard InChI is InChI=1S/C18H19NO5S/c20-25(21)12-23-17-3-1-2-16(18(17)19-25)13-4-6-14(7-5-13)24-15-8-10-22-11-9-15/h1-7,15,19H,8-12H2. The molecular formula is C18H19NO5S. The van der Waals surface area contributed by atoms with E-state index in [0.29, 0.717) is 11.4 Å². The molecule has 0 aliphatic carbocycles. The summed E-state index contributed by atoms with van der Waals surface area (Å²) in [6.07, 6.45) is 1.98. The van der Waals surface area contributed by atoms with Crippen LogP contribution in [-0.2, 0) is 14.8 Å². The average molecular weight is 361 g/mol. The molecule has 0 saturated carbocycles. The number of sulfonamides is 1. The molecule has 2 aliphatic rings. The maximum absolute atomic E-state index is 11.8. The summed E-state index contributed by atoms with van der Waals surface area (Å²) in [5.74, 6) is 0.980. The van der Waals surface area contributed by atoms with Gasteiger partial charge < -0.3 is 14.2 Å². The van der Waals surface area contributed by atoms with Crippen LogP contribution in [0.3, 0.4) is 0 Å². The van der Waals surface area contributed by atoms with Gasteiger partial charge in [-0.05, 0) is 23.8 Å². The Labute approximate surface area is 146 Å². The van der Waals surface area contributed by atoms with E-state index in [4.69, 9.17) is 14.2 Å². The predicted molar refractivity (Wildman–Crippen MR) is 94.4 cm³/mol. The molecule has 132 valence electrons. The predicted octanol–water partition coefficient (Wildman–Crippen LogP) is 3.00. The van der Waals surface area contributed by atoms with E-state index < -0.39 is 10.0 Å². The highest BCUT2D eigenvalue weighted by molar-refractivity contribution is 7.92. The van der Waals surface area contributed by atoms with Crippen LogP contribution < -0.4 is 14.2 Å². The SMILES string of the molecule is O=S1(=O)COc2cccc(-c3ccc(OC4CCOCC4)cc3)c2N1. The maximum atomic E-state index is 11.8. The fraction of sp³-hybridized carbons (Fsp3) is 0.333. The van der Waals surface area contributed by atoms with Crippen LogP contribution >= 0.6 is 0 Å². The van der Waals surface area contributed by atoms with Crippen LogP contribution in [0.25, 0.3) is 11.1 Å². The second-order valence-corrected chi connectivity index (χ2v) is 7.78. The minimum Gasteiger partial charge on any atom is -0.490 e. The van der Waals surface area contributed by atoms with Crippen LogP contribution in [0.15, 0.2) is 42.5 Å². The van der Waals surface area contributed by atoms with Crippen molar-refractivity contribution in [3.8, 4) is 22.6 Å². The summed E-state index contributed by atoms with van der Waals surface area (Å²) >= 11 is 0. The number of ether oxygens (including phenoxy) is 3. The van der Waals surface area contributed by atoms with Gasteiger partial charge in [0, 0.05) is 18.4 Å². The fourth-order valence-corrected chi connectivity index (χ4v) is 3.89. The Balaban J connectivity index is 1.58. The molecule has 0 radical (unpaired) electrons. The van der Waals surface area contributed by atoms with Gasteiger partial charge in [0.25, 0.3) is 10.0 Å². The Bertz CT molecular complexity index is 858. The van der Waals surface area contributed by atoms with E-state index in [2.05, 4.69) is 4.72 Å². The van der Waals surface area contributed by atoms with Gasteiger partial charge in [-0.1, -0.05) is 24.3 Å². The topological polar surface area (TPSA) is 73.9 Å². The van der Waals surface area contributed by atoms with Gasteiger partial charge in [-0.3, -0.25) is 4.72 Å². The van der Waals surface area contributed by atoms with Crippen LogP contribution in [0.1, 0.15) is 12.8 Å². The maximum Gasteiger partial charge on any atom is 0.268 e. The van der Waals surface area contributed by atoms with E-state index in [1.54, 1.807) is 6.07 Å². The summed E-state index contributed by atoms with van der Waals surface area (Å²) < 4.78 is 42.8. The fourth-order valence-electron chi connectivity index (χ4n) is 3.02. The van der Waals surface area contributed by atoms with Crippen molar-refractivity contribution in [1.29, 1.82) is 0 Å². The zero-order chi connectivity index (χ0) is 17.3. The summed E-state index contributed by atoms with van der Waals surface area (Å²) in [6, 6.07) is 13.1. The lowest BCUT2D eigenvalue weighted by Gasteiger charge is -2.24. The van der Waals surface area contributed by atoms with E-state index in [-0.39, 0.29) is 12.0 Å². The molecule has 0 bridgehead atoms. The second kappa shape index (κ2) is 6.57. The summed E-state index contributed by atoms with van der Waals surface area (Å²) in [6.45, 7) is 1.47. The van der Waals surface area contributed by atoms with Gasteiger partial charge in [0.2, 0.25) is 5.94 Å². The van der Waals surface area contributed by atoms with Crippen molar-refractivity contribution in [2.75, 3.05) is 23.9 Å². The first-order valence-corrected chi connectivity index (χ1v) is 9.87. The zero-order valence-electron chi connectivity index (χ0n) is 13.6. The first kappa shape index (κ1) is 16.2. The summed E-state index contributed by atoms with van der Waals surface area (Å²) in [5, 5.41) is 0. The van der Waals surface area contributed by atoms with Gasteiger partial charge in [0.15, 0.2) is 0 Å². The number of benzene rings is 2. The quantitative estimate of drug-likeness (QED) is 0.910. The molecule has 0 aromatic heterocycles. The molecule has 0 unspecified atom stereocenters. The van der Waals surface area contributed by atoms with E-state index in [1.165, 1.54) is 0 Å². The third-order valence-corrected chi connectivity index (χ3v) is 5.23. The van der Waals surface area contributed by atoms with E-state index >= 15 is 0 Å². The van der Waals surface area contributed by atoms with Gasteiger partial charge >= 0.3 is 0 Å². The Kier molecular flexibility index (Phi) is 4.27. The molecule has 0 amide bonds. The number of para-hydroxylation sites is 1. The highest BCUT2D eigenvalue weighted by atomic mass is 32.2. The molecule has 2 heterocycles. The van der Waals surface area contributed by atoms with Gasteiger partial charge in [0.05, 0.1) is 18.9 Å². The minimum absolute atomic E-state index is 0.185. The van der Waals surface area contributed by atoms with Gasteiger partial charge in [-0.2, -0.15) is 0 Å². The van der Waals surface area contributed by atoms with Gasteiger partial charge in [0.1, 0.15) is 17.6 Å². The van der Waals surface area contributed by atoms with Gasteiger partial charge in [-0.15, -0.1) is 0 Å². The van der Waals surface area contributed by atoms with Crippen molar-refractivity contribution in [2.45, 2.75) is 18.9 Å². The first-order valence-electron chi connectivity index (χ1n) is 8.22. The molecule has 2 aromatic rings. The van der Waals surface area contributed by atoms with Crippen molar-refractivity contribution >= 4 is 15.7 Å². The lowest BCUT2D eigenvalue weighted by Crippen LogP contribution is -2.26. The van der Waals surface area contributed by atoms with Gasteiger partial charge in [-0.25, -0.2) is 8.42 Å². The number of hydrogen-bond donors (Lipinski definition) is 1. The largest absolute Gasteiger partial charge is 0.490 e. The second-order valence-electron chi connectivity index (χ2n) is 6.11. The van der Waals surface area contributed by atoms with Crippen molar-refractivity contribution in [3.05, 3.63) is 42.5 Å².